The Labute approximate surface area is 136 Å². The molecule has 101 valence electrons. The van der Waals surface area contributed by atoms with E-state index >= 15 is 0 Å². The first kappa shape index (κ1) is 17.9. The molecule has 0 aliphatic rings. The van der Waals surface area contributed by atoms with E-state index in [1.54, 1.807) is 6.92 Å². The van der Waals surface area contributed by atoms with Gasteiger partial charge in [-0.25, -0.2) is 14.8 Å². The predicted octanol–water partition coefficient (Wildman–Crippen LogP) is 1.01. The van der Waals surface area contributed by atoms with Gasteiger partial charge in [0.15, 0.2) is 6.61 Å². The second-order valence-electron chi connectivity index (χ2n) is 2.89. The van der Waals surface area contributed by atoms with E-state index in [2.05, 4.69) is 26.1 Å². The third kappa shape index (κ3) is 5.18. The number of carbonyl (C=O) groups excluding carboxylic acids is 1. The van der Waals surface area contributed by atoms with E-state index in [0.717, 1.165) is 5.06 Å². The fraction of sp³-hybridized carbons (Fsp3) is 0.400. The van der Waals surface area contributed by atoms with E-state index in [1.165, 1.54) is 26.7 Å². The summed E-state index contributed by atoms with van der Waals surface area (Å²) in [6.07, 6.45) is 4.50. The molecule has 1 aromatic rings. The Morgan fingerprint density at radius 3 is 2.84 bits per heavy atom. The zero-order valence-electron chi connectivity index (χ0n) is 10.9. The Hall–Kier alpha value is -1.12. The van der Waals surface area contributed by atoms with Crippen LogP contribution in [0.25, 0.3) is 0 Å². The van der Waals surface area contributed by atoms with Crippen molar-refractivity contribution in [1.82, 2.24) is 9.97 Å². The molecule has 8 nitrogen and oxygen atoms in total. The van der Waals surface area contributed by atoms with Crippen LogP contribution in [-0.2, 0) is 53.7 Å². The summed E-state index contributed by atoms with van der Waals surface area (Å²) in [7, 11) is 2.57. The van der Waals surface area contributed by atoms with E-state index in [4.69, 9.17) is 9.68 Å². The number of nitrogens with zero attached hydrogens (tertiary/aromatic N) is 4. The van der Waals surface area contributed by atoms with Gasteiger partial charge in [-0.15, -0.1) is 5.06 Å². The van der Waals surface area contributed by atoms with Gasteiger partial charge in [0.25, 0.3) is 0 Å². The van der Waals surface area contributed by atoms with Crippen molar-refractivity contribution in [3.8, 4) is 0 Å². The molecule has 0 fully saturated rings. The number of anilines is 1. The number of hydrogen-bond acceptors (Lipinski definition) is 7. The molecular weight excluding hydrogens is 329 g/mol. The maximum absolute atomic E-state index is 11.5. The molecule has 1 rings (SSSR count). The Morgan fingerprint density at radius 1 is 1.53 bits per heavy atom. The standard InChI is InChI=1S/C10H13N4O4.Y/c1-4-13-18-6-8-9(5-11-7-12-8)14(17-3)10(15)16-2;/h5,7H,6H2,1-3H3;/q-1;. The van der Waals surface area contributed by atoms with Gasteiger partial charge in [-0.05, 0) is 0 Å². The molecule has 0 spiro atoms. The van der Waals surface area contributed by atoms with Crippen LogP contribution in [-0.4, -0.2) is 36.5 Å². The largest absolute Gasteiger partial charge is 0.451 e. The predicted molar refractivity (Wildman–Crippen MR) is 61.8 cm³/mol. The van der Waals surface area contributed by atoms with Crippen LogP contribution in [0.2, 0.25) is 0 Å². The van der Waals surface area contributed by atoms with Gasteiger partial charge in [-0.2, -0.15) is 6.92 Å². The van der Waals surface area contributed by atoms with Crippen molar-refractivity contribution in [3.05, 3.63) is 18.2 Å². The maximum Gasteiger partial charge on any atom is 0.438 e. The fourth-order valence-corrected chi connectivity index (χ4v) is 1.14. The molecule has 1 aromatic heterocycles. The molecule has 0 aromatic carbocycles. The van der Waals surface area contributed by atoms with Crippen LogP contribution in [0.4, 0.5) is 10.5 Å². The quantitative estimate of drug-likeness (QED) is 0.451. The van der Waals surface area contributed by atoms with E-state index in [1.807, 2.05) is 0 Å². The van der Waals surface area contributed by atoms with Gasteiger partial charge in [0, 0.05) is 32.7 Å². The van der Waals surface area contributed by atoms with Crippen LogP contribution in [0.5, 0.6) is 0 Å². The normalized spacial score (nSPS) is 9.84. The van der Waals surface area contributed by atoms with Crippen molar-refractivity contribution in [1.29, 1.82) is 0 Å². The number of methoxy groups -OCH3 is 1. The number of rotatable bonds is 5. The molecule has 0 saturated carbocycles. The fourth-order valence-electron chi connectivity index (χ4n) is 1.14. The number of aromatic nitrogens is 2. The Bertz CT molecular complexity index is 430. The van der Waals surface area contributed by atoms with Crippen molar-refractivity contribution in [2.24, 2.45) is 5.16 Å². The summed E-state index contributed by atoms with van der Waals surface area (Å²) in [5.41, 5.74) is 0.745. The minimum absolute atomic E-state index is 0. The van der Waals surface area contributed by atoms with Crippen LogP contribution in [0.15, 0.2) is 17.7 Å². The topological polar surface area (TPSA) is 86.1 Å². The molecule has 0 N–H and O–H groups in total. The third-order valence-electron chi connectivity index (χ3n) is 1.87. The van der Waals surface area contributed by atoms with Crippen LogP contribution >= 0.6 is 0 Å². The van der Waals surface area contributed by atoms with Gasteiger partial charge in [0.05, 0.1) is 20.4 Å². The summed E-state index contributed by atoms with van der Waals surface area (Å²) in [6, 6.07) is 0. The average Bonchev–Trinajstić information content (AvgIpc) is 2.41. The molecule has 9 heteroatoms. The molecular formula is C10H13N4O4Y-. The minimum Gasteiger partial charge on any atom is -0.451 e. The summed E-state index contributed by atoms with van der Waals surface area (Å²) >= 11 is 0. The molecule has 0 aliphatic carbocycles. The number of hydroxylamine groups is 1. The summed E-state index contributed by atoms with van der Waals surface area (Å²) < 4.78 is 4.57. The maximum atomic E-state index is 11.5. The second kappa shape index (κ2) is 9.77. The average molecular weight is 342 g/mol. The molecule has 1 amide bonds. The Balaban J connectivity index is 0.00000324. The molecule has 0 saturated heterocycles. The van der Waals surface area contributed by atoms with E-state index in [-0.39, 0.29) is 39.3 Å². The van der Waals surface area contributed by atoms with Crippen molar-refractivity contribution in [2.45, 2.75) is 13.5 Å². The monoisotopic (exact) mass is 342 g/mol. The second-order valence-corrected chi connectivity index (χ2v) is 2.89. The van der Waals surface area contributed by atoms with E-state index in [9.17, 15) is 4.79 Å². The van der Waals surface area contributed by atoms with Crippen molar-refractivity contribution in [2.75, 3.05) is 19.3 Å². The van der Waals surface area contributed by atoms with E-state index in [0.29, 0.717) is 11.4 Å². The summed E-state index contributed by atoms with van der Waals surface area (Å²) in [6.45, 7) is 1.65. The van der Waals surface area contributed by atoms with Gasteiger partial charge in [0.2, 0.25) is 0 Å². The minimum atomic E-state index is -0.695. The zero-order valence-corrected chi connectivity index (χ0v) is 13.7. The first-order valence-electron chi connectivity index (χ1n) is 4.94. The molecule has 1 heterocycles. The third-order valence-corrected chi connectivity index (χ3v) is 1.87. The molecule has 1 radical (unpaired) electrons. The van der Waals surface area contributed by atoms with Gasteiger partial charge < -0.3 is 20.9 Å². The number of amides is 1. The Kier molecular flexibility index (Phi) is 9.19. The Morgan fingerprint density at radius 2 is 2.26 bits per heavy atom. The van der Waals surface area contributed by atoms with Crippen LogP contribution in [0.1, 0.15) is 12.6 Å². The number of ether oxygens (including phenoxy) is 1. The summed E-state index contributed by atoms with van der Waals surface area (Å²) in [5, 5.41) is 4.39. The van der Waals surface area contributed by atoms with Crippen molar-refractivity contribution < 1.29 is 51.9 Å². The van der Waals surface area contributed by atoms with Crippen LogP contribution in [0.3, 0.4) is 0 Å². The first-order chi connectivity index (χ1) is 8.74. The van der Waals surface area contributed by atoms with Gasteiger partial charge in [-0.3, -0.25) is 4.84 Å². The van der Waals surface area contributed by atoms with E-state index < -0.39 is 6.09 Å². The number of carbonyl (C=O) groups is 1. The van der Waals surface area contributed by atoms with Crippen LogP contribution < -0.4 is 5.06 Å². The SMILES string of the molecule is C[C-]=NOCc1ncncc1N(OC)C(=O)OC.[Y]. The first-order valence-corrected chi connectivity index (χ1v) is 4.94. The van der Waals surface area contributed by atoms with Gasteiger partial charge in [0.1, 0.15) is 17.7 Å². The number of hydrogen-bond donors (Lipinski definition) is 0. The van der Waals surface area contributed by atoms with Crippen molar-refractivity contribution >= 4 is 18.0 Å². The molecule has 0 unspecified atom stereocenters. The van der Waals surface area contributed by atoms with Gasteiger partial charge in [-0.1, -0.05) is 0 Å². The van der Waals surface area contributed by atoms with Crippen molar-refractivity contribution in [3.63, 3.8) is 0 Å². The smallest absolute Gasteiger partial charge is 0.438 e. The molecule has 0 aliphatic heterocycles. The zero-order chi connectivity index (χ0) is 13.4. The summed E-state index contributed by atoms with van der Waals surface area (Å²) in [4.78, 5) is 29.1. The molecule has 0 bridgehead atoms. The summed E-state index contributed by atoms with van der Waals surface area (Å²) in [5.74, 6) is 0. The van der Waals surface area contributed by atoms with Gasteiger partial charge >= 0.3 is 6.09 Å². The molecule has 19 heavy (non-hydrogen) atoms. The molecule has 0 atom stereocenters. The van der Waals surface area contributed by atoms with Crippen LogP contribution in [0, 0.1) is 0 Å².